The van der Waals surface area contributed by atoms with Gasteiger partial charge < -0.3 is 10.2 Å². The Bertz CT molecular complexity index is 1600. The molecule has 2 bridgehead atoms. The Morgan fingerprint density at radius 1 is 0.925 bits per heavy atom. The quantitative estimate of drug-likeness (QED) is 0.366. The van der Waals surface area contributed by atoms with Crippen molar-refractivity contribution >= 4 is 34.8 Å². The molecule has 2 atom stereocenters. The first kappa shape index (κ1) is 26.5. The molecule has 4 heterocycles. The largest absolute Gasteiger partial charge is 0.360 e. The first-order valence-corrected chi connectivity index (χ1v) is 14.3. The molecule has 2 aromatic carbocycles. The van der Waals surface area contributed by atoms with Gasteiger partial charge in [-0.1, -0.05) is 53.4 Å². The minimum absolute atomic E-state index is 0.100. The van der Waals surface area contributed by atoms with Crippen molar-refractivity contribution in [3.8, 4) is 16.9 Å². The number of carbonyl (C=O) groups is 1. The summed E-state index contributed by atoms with van der Waals surface area (Å²) in [6, 6.07) is 14.7. The summed E-state index contributed by atoms with van der Waals surface area (Å²) in [5, 5.41) is 11.8. The molecule has 0 spiro atoms. The number of amides is 1. The SMILES string of the molecule is O=C1NCCCCC[C@H](n2cnc(-c3cc(Cl)ccc3-n3cc(Cl)nn3)cc2=O)c2cccc(c2)N2CCC[C@H]12. The molecule has 6 rings (SSSR count). The van der Waals surface area contributed by atoms with Crippen LogP contribution in [0.4, 0.5) is 5.69 Å². The van der Waals surface area contributed by atoms with Crippen LogP contribution in [-0.2, 0) is 4.79 Å². The Balaban J connectivity index is 1.39. The fourth-order valence-corrected chi connectivity index (χ4v) is 6.06. The van der Waals surface area contributed by atoms with Gasteiger partial charge in [-0.25, -0.2) is 9.67 Å². The Morgan fingerprint density at radius 3 is 2.62 bits per heavy atom. The highest BCUT2D eigenvalue weighted by Gasteiger charge is 2.31. The molecular weight excluding hydrogens is 549 g/mol. The van der Waals surface area contributed by atoms with Crippen LogP contribution in [0.2, 0.25) is 10.2 Å². The van der Waals surface area contributed by atoms with Crippen molar-refractivity contribution in [3.05, 3.63) is 87.1 Å². The van der Waals surface area contributed by atoms with Gasteiger partial charge in [-0.2, -0.15) is 0 Å². The molecule has 2 aromatic heterocycles. The van der Waals surface area contributed by atoms with Crippen LogP contribution >= 0.6 is 23.2 Å². The van der Waals surface area contributed by atoms with Crippen molar-refractivity contribution in [3.63, 3.8) is 0 Å². The topological polar surface area (TPSA) is 97.9 Å². The monoisotopic (exact) mass is 577 g/mol. The number of nitrogens with one attached hydrogen (secondary N) is 1. The second kappa shape index (κ2) is 11.4. The van der Waals surface area contributed by atoms with Crippen LogP contribution in [-0.4, -0.2) is 49.6 Å². The lowest BCUT2D eigenvalue weighted by atomic mass is 9.99. The van der Waals surface area contributed by atoms with E-state index >= 15 is 0 Å². The number of hydrogen-bond acceptors (Lipinski definition) is 6. The van der Waals surface area contributed by atoms with E-state index in [1.165, 1.54) is 10.7 Å². The minimum atomic E-state index is -0.188. The second-order valence-corrected chi connectivity index (χ2v) is 11.1. The molecule has 40 heavy (non-hydrogen) atoms. The summed E-state index contributed by atoms with van der Waals surface area (Å²) >= 11 is 12.3. The average Bonchev–Trinajstić information content (AvgIpc) is 3.62. The van der Waals surface area contributed by atoms with E-state index in [0.717, 1.165) is 56.3 Å². The number of aromatic nitrogens is 5. The zero-order valence-electron chi connectivity index (χ0n) is 21.8. The van der Waals surface area contributed by atoms with Crippen molar-refractivity contribution in [1.29, 1.82) is 0 Å². The Kier molecular flexibility index (Phi) is 7.58. The van der Waals surface area contributed by atoms with Gasteiger partial charge in [0.1, 0.15) is 6.04 Å². The van der Waals surface area contributed by atoms with Gasteiger partial charge in [-0.3, -0.25) is 14.2 Å². The first-order chi connectivity index (χ1) is 19.5. The maximum atomic E-state index is 13.7. The Hall–Kier alpha value is -3.69. The second-order valence-electron chi connectivity index (χ2n) is 10.3. The highest BCUT2D eigenvalue weighted by Crippen LogP contribution is 2.32. The summed E-state index contributed by atoms with van der Waals surface area (Å²) < 4.78 is 3.25. The van der Waals surface area contributed by atoms with Crippen molar-refractivity contribution in [1.82, 2.24) is 29.9 Å². The van der Waals surface area contributed by atoms with Gasteiger partial charge in [0.05, 0.1) is 29.9 Å². The van der Waals surface area contributed by atoms with Crippen LogP contribution in [0.5, 0.6) is 0 Å². The van der Waals surface area contributed by atoms with Crippen molar-refractivity contribution < 1.29 is 4.79 Å². The summed E-state index contributed by atoms with van der Waals surface area (Å²) in [7, 11) is 0. The molecule has 1 N–H and O–H groups in total. The first-order valence-electron chi connectivity index (χ1n) is 13.6. The standard InChI is InChI=1S/C29H29Cl2N7O2/c30-20-10-11-25(38-17-27(31)34-35-38)22(15-20)23-16-28(39)37(18-33-23)24-8-2-1-3-12-32-29(40)26-9-5-13-36(26)21-7-4-6-19(24)14-21/h4,6-7,10-11,14-18,24,26H,1-3,5,8-9,12-13H2,(H,32,40)/t24-,26+/m0/s1. The normalized spacial score (nSPS) is 19.8. The fraction of sp³-hybridized carbons (Fsp3) is 0.345. The maximum Gasteiger partial charge on any atom is 0.254 e. The van der Waals surface area contributed by atoms with Crippen LogP contribution in [0.1, 0.15) is 50.1 Å². The van der Waals surface area contributed by atoms with Gasteiger partial charge in [-0.05, 0) is 61.6 Å². The van der Waals surface area contributed by atoms with Crippen LogP contribution in [0.25, 0.3) is 16.9 Å². The number of carbonyl (C=O) groups excluding carboxylic acids is 1. The van der Waals surface area contributed by atoms with E-state index in [-0.39, 0.29) is 28.7 Å². The number of fused-ring (bicyclic) bond motifs is 4. The summed E-state index contributed by atoms with van der Waals surface area (Å²) in [5.74, 6) is 0.100. The molecule has 11 heteroatoms. The molecule has 0 radical (unpaired) electrons. The number of rotatable bonds is 3. The number of anilines is 1. The van der Waals surface area contributed by atoms with Crippen LogP contribution in [0, 0.1) is 0 Å². The predicted octanol–water partition coefficient (Wildman–Crippen LogP) is 5.05. The van der Waals surface area contributed by atoms with E-state index in [4.69, 9.17) is 28.2 Å². The van der Waals surface area contributed by atoms with Crippen LogP contribution in [0.15, 0.2) is 65.8 Å². The van der Waals surface area contributed by atoms with E-state index in [1.54, 1.807) is 35.3 Å². The third-order valence-electron chi connectivity index (χ3n) is 7.71. The molecule has 9 nitrogen and oxygen atoms in total. The van der Waals surface area contributed by atoms with Gasteiger partial charge in [-0.15, -0.1) is 5.10 Å². The summed E-state index contributed by atoms with van der Waals surface area (Å²) in [4.78, 5) is 33.4. The molecule has 4 aromatic rings. The van der Waals surface area contributed by atoms with E-state index in [1.807, 2.05) is 12.1 Å². The van der Waals surface area contributed by atoms with E-state index in [2.05, 4.69) is 32.7 Å². The Labute approximate surface area is 241 Å². The lowest BCUT2D eigenvalue weighted by Crippen LogP contribution is -2.43. The molecule has 206 valence electrons. The molecule has 0 unspecified atom stereocenters. The minimum Gasteiger partial charge on any atom is -0.360 e. The molecule has 1 saturated heterocycles. The highest BCUT2D eigenvalue weighted by atomic mass is 35.5. The number of hydrogen-bond donors (Lipinski definition) is 1. The molecular formula is C29H29Cl2N7O2. The fourth-order valence-electron chi connectivity index (χ4n) is 5.76. The van der Waals surface area contributed by atoms with E-state index in [9.17, 15) is 9.59 Å². The predicted molar refractivity (Wildman–Crippen MR) is 155 cm³/mol. The van der Waals surface area contributed by atoms with Gasteiger partial charge >= 0.3 is 0 Å². The van der Waals surface area contributed by atoms with Crippen LogP contribution < -0.4 is 15.8 Å². The lowest BCUT2D eigenvalue weighted by molar-refractivity contribution is -0.122. The van der Waals surface area contributed by atoms with E-state index < -0.39 is 0 Å². The van der Waals surface area contributed by atoms with Gasteiger partial charge in [0.25, 0.3) is 5.56 Å². The zero-order valence-corrected chi connectivity index (χ0v) is 23.4. The van der Waals surface area contributed by atoms with Gasteiger partial charge in [0, 0.05) is 35.4 Å². The number of benzene rings is 2. The third-order valence-corrected chi connectivity index (χ3v) is 8.12. The summed E-state index contributed by atoms with van der Waals surface area (Å²) in [6.45, 7) is 1.50. The molecule has 2 aliphatic heterocycles. The maximum absolute atomic E-state index is 13.7. The van der Waals surface area contributed by atoms with E-state index in [0.29, 0.717) is 28.5 Å². The van der Waals surface area contributed by atoms with Crippen molar-refractivity contribution in [2.24, 2.45) is 0 Å². The summed E-state index contributed by atoms with van der Waals surface area (Å²) in [5.41, 5.74) is 3.66. The number of nitrogens with zero attached hydrogens (tertiary/aromatic N) is 6. The lowest BCUT2D eigenvalue weighted by Gasteiger charge is -2.27. The van der Waals surface area contributed by atoms with Crippen molar-refractivity contribution in [2.45, 2.75) is 50.6 Å². The van der Waals surface area contributed by atoms with Gasteiger partial charge in [0.15, 0.2) is 5.15 Å². The Morgan fingerprint density at radius 2 is 1.80 bits per heavy atom. The molecule has 1 fully saturated rings. The van der Waals surface area contributed by atoms with Crippen molar-refractivity contribution in [2.75, 3.05) is 18.0 Å². The average molecular weight is 579 g/mol. The highest BCUT2D eigenvalue weighted by molar-refractivity contribution is 6.31. The van der Waals surface area contributed by atoms with Gasteiger partial charge in [0.2, 0.25) is 5.91 Å². The molecule has 1 amide bonds. The molecule has 2 aliphatic rings. The zero-order chi connectivity index (χ0) is 27.6. The molecule has 0 saturated carbocycles. The number of halogens is 2. The smallest absolute Gasteiger partial charge is 0.254 e. The van der Waals surface area contributed by atoms with Crippen LogP contribution in [0.3, 0.4) is 0 Å². The molecule has 0 aliphatic carbocycles. The third kappa shape index (κ3) is 5.36. The summed E-state index contributed by atoms with van der Waals surface area (Å²) in [6.07, 6.45) is 8.58.